The highest BCUT2D eigenvalue weighted by atomic mass is 19.1. The van der Waals surface area contributed by atoms with Gasteiger partial charge in [-0.1, -0.05) is 24.3 Å². The number of nitrogens with one attached hydrogen (secondary N) is 1. The fourth-order valence-corrected chi connectivity index (χ4v) is 3.96. The molecule has 1 aromatic heterocycles. The van der Waals surface area contributed by atoms with Crippen molar-refractivity contribution >= 4 is 11.9 Å². The summed E-state index contributed by atoms with van der Waals surface area (Å²) in [4.78, 5) is 24.9. The first-order valence-electron chi connectivity index (χ1n) is 10.6. The summed E-state index contributed by atoms with van der Waals surface area (Å²) < 4.78 is 27.0. The summed E-state index contributed by atoms with van der Waals surface area (Å²) in [6.45, 7) is 3.00. The molecule has 2 aromatic carbocycles. The third-order valence-corrected chi connectivity index (χ3v) is 5.59. The molecule has 4 rings (SSSR count). The van der Waals surface area contributed by atoms with Crippen molar-refractivity contribution < 1.29 is 13.6 Å². The van der Waals surface area contributed by atoms with E-state index in [1.54, 1.807) is 42.7 Å². The molecule has 1 fully saturated rings. The second kappa shape index (κ2) is 10.3. The lowest BCUT2D eigenvalue weighted by Crippen LogP contribution is -2.50. The normalized spacial score (nSPS) is 14.5. The highest BCUT2D eigenvalue weighted by Gasteiger charge is 2.28. The van der Waals surface area contributed by atoms with Gasteiger partial charge in [0.2, 0.25) is 11.9 Å². The molecule has 166 valence electrons. The van der Waals surface area contributed by atoms with Crippen LogP contribution in [0.1, 0.15) is 23.6 Å². The molecule has 2 heterocycles. The first kappa shape index (κ1) is 21.8. The van der Waals surface area contributed by atoms with Gasteiger partial charge in [-0.05, 0) is 41.5 Å². The second-order valence-electron chi connectivity index (χ2n) is 7.67. The minimum Gasteiger partial charge on any atom is -0.354 e. The van der Waals surface area contributed by atoms with Crippen molar-refractivity contribution in [3.63, 3.8) is 0 Å². The number of carbonyl (C=O) groups is 1. The van der Waals surface area contributed by atoms with Gasteiger partial charge in [-0.2, -0.15) is 0 Å². The van der Waals surface area contributed by atoms with Gasteiger partial charge >= 0.3 is 0 Å². The van der Waals surface area contributed by atoms with Gasteiger partial charge in [0.15, 0.2) is 0 Å². The van der Waals surface area contributed by atoms with E-state index in [2.05, 4.69) is 20.2 Å². The Morgan fingerprint density at radius 1 is 0.875 bits per heavy atom. The Bertz CT molecular complexity index is 961. The molecule has 1 N–H and O–H groups in total. The minimum absolute atomic E-state index is 0.0770. The number of rotatable bonds is 7. The van der Waals surface area contributed by atoms with Crippen molar-refractivity contribution in [2.45, 2.75) is 12.5 Å². The highest BCUT2D eigenvalue weighted by molar-refractivity contribution is 5.76. The number of anilines is 1. The quantitative estimate of drug-likeness (QED) is 0.613. The molecule has 8 heteroatoms. The van der Waals surface area contributed by atoms with E-state index < -0.39 is 0 Å². The van der Waals surface area contributed by atoms with Crippen LogP contribution in [0.3, 0.4) is 0 Å². The second-order valence-corrected chi connectivity index (χ2v) is 7.67. The van der Waals surface area contributed by atoms with Crippen molar-refractivity contribution in [3.05, 3.63) is 89.8 Å². The average Bonchev–Trinajstić information content (AvgIpc) is 2.83. The maximum atomic E-state index is 13.5. The average molecular weight is 437 g/mol. The van der Waals surface area contributed by atoms with E-state index in [0.29, 0.717) is 45.1 Å². The van der Waals surface area contributed by atoms with Crippen LogP contribution < -0.4 is 5.32 Å². The molecule has 0 bridgehead atoms. The summed E-state index contributed by atoms with van der Waals surface area (Å²) in [5, 5.41) is 3.05. The van der Waals surface area contributed by atoms with Crippen LogP contribution in [0, 0.1) is 11.6 Å². The molecular formula is C24H25F2N5O. The van der Waals surface area contributed by atoms with Crippen molar-refractivity contribution in [2.75, 3.05) is 38.0 Å². The van der Waals surface area contributed by atoms with Crippen LogP contribution in [0.25, 0.3) is 0 Å². The molecule has 1 saturated heterocycles. The zero-order valence-electron chi connectivity index (χ0n) is 17.6. The zero-order chi connectivity index (χ0) is 22.3. The van der Waals surface area contributed by atoms with E-state index in [-0.39, 0.29) is 23.6 Å². The number of amides is 1. The SMILES string of the molecule is O=C(CCNc1ncccn1)N1CCN(C(c2ccc(F)cc2)c2ccc(F)cc2)CC1. The fourth-order valence-electron chi connectivity index (χ4n) is 3.96. The van der Waals surface area contributed by atoms with Gasteiger partial charge < -0.3 is 10.2 Å². The Morgan fingerprint density at radius 3 is 1.94 bits per heavy atom. The molecule has 0 atom stereocenters. The van der Waals surface area contributed by atoms with Crippen LogP contribution in [0.15, 0.2) is 67.0 Å². The lowest BCUT2D eigenvalue weighted by atomic mass is 9.96. The molecular weight excluding hydrogens is 412 g/mol. The van der Waals surface area contributed by atoms with Crippen LogP contribution in [0.2, 0.25) is 0 Å². The maximum absolute atomic E-state index is 13.5. The molecule has 1 aliphatic heterocycles. The number of hydrogen-bond donors (Lipinski definition) is 1. The number of piperazine rings is 1. The molecule has 3 aromatic rings. The Kier molecular flexibility index (Phi) is 7.01. The largest absolute Gasteiger partial charge is 0.354 e. The Balaban J connectivity index is 1.38. The van der Waals surface area contributed by atoms with E-state index >= 15 is 0 Å². The number of nitrogens with zero attached hydrogens (tertiary/aromatic N) is 4. The van der Waals surface area contributed by atoms with Crippen molar-refractivity contribution in [1.82, 2.24) is 19.8 Å². The summed E-state index contributed by atoms with van der Waals surface area (Å²) in [6.07, 6.45) is 3.65. The molecule has 0 spiro atoms. The molecule has 6 nitrogen and oxygen atoms in total. The smallest absolute Gasteiger partial charge is 0.224 e. The molecule has 0 aliphatic carbocycles. The summed E-state index contributed by atoms with van der Waals surface area (Å²) in [5.41, 5.74) is 1.87. The van der Waals surface area contributed by atoms with E-state index in [1.807, 2.05) is 4.90 Å². The van der Waals surface area contributed by atoms with Crippen LogP contribution >= 0.6 is 0 Å². The summed E-state index contributed by atoms with van der Waals surface area (Å²) in [7, 11) is 0. The first-order valence-corrected chi connectivity index (χ1v) is 10.6. The molecule has 0 radical (unpaired) electrons. The zero-order valence-corrected chi connectivity index (χ0v) is 17.6. The summed E-state index contributed by atoms with van der Waals surface area (Å²) in [6, 6.07) is 14.4. The molecule has 32 heavy (non-hydrogen) atoms. The third kappa shape index (κ3) is 5.45. The van der Waals surface area contributed by atoms with E-state index in [4.69, 9.17) is 0 Å². The van der Waals surface area contributed by atoms with Gasteiger partial charge in [0.05, 0.1) is 6.04 Å². The fraction of sp³-hybridized carbons (Fsp3) is 0.292. The van der Waals surface area contributed by atoms with Gasteiger partial charge in [0.25, 0.3) is 0 Å². The van der Waals surface area contributed by atoms with E-state index in [1.165, 1.54) is 24.3 Å². The molecule has 1 amide bonds. The van der Waals surface area contributed by atoms with Crippen LogP contribution in [0.4, 0.5) is 14.7 Å². The lowest BCUT2D eigenvalue weighted by Gasteiger charge is -2.40. The monoisotopic (exact) mass is 437 g/mol. The van der Waals surface area contributed by atoms with Crippen molar-refractivity contribution in [1.29, 1.82) is 0 Å². The Labute approximate surface area is 185 Å². The Morgan fingerprint density at radius 2 is 1.41 bits per heavy atom. The van der Waals surface area contributed by atoms with Gasteiger partial charge in [0.1, 0.15) is 11.6 Å². The van der Waals surface area contributed by atoms with E-state index in [0.717, 1.165) is 11.1 Å². The predicted molar refractivity (Wildman–Crippen MR) is 118 cm³/mol. The van der Waals surface area contributed by atoms with Gasteiger partial charge in [-0.3, -0.25) is 9.69 Å². The number of benzene rings is 2. The lowest BCUT2D eigenvalue weighted by molar-refractivity contribution is -0.132. The maximum Gasteiger partial charge on any atom is 0.224 e. The number of hydrogen-bond acceptors (Lipinski definition) is 5. The highest BCUT2D eigenvalue weighted by Crippen LogP contribution is 2.30. The van der Waals surface area contributed by atoms with Crippen LogP contribution in [0.5, 0.6) is 0 Å². The first-order chi connectivity index (χ1) is 15.6. The number of aromatic nitrogens is 2. The number of halogens is 2. The van der Waals surface area contributed by atoms with Gasteiger partial charge in [-0.15, -0.1) is 0 Å². The van der Waals surface area contributed by atoms with E-state index in [9.17, 15) is 13.6 Å². The molecule has 0 saturated carbocycles. The topological polar surface area (TPSA) is 61.4 Å². The van der Waals surface area contributed by atoms with Gasteiger partial charge in [0, 0.05) is 51.5 Å². The molecule has 0 unspecified atom stereocenters. The summed E-state index contributed by atoms with van der Waals surface area (Å²) in [5.74, 6) is -0.00665. The Hall–Kier alpha value is -3.39. The van der Waals surface area contributed by atoms with Crippen LogP contribution in [-0.2, 0) is 4.79 Å². The number of carbonyl (C=O) groups excluding carboxylic acids is 1. The minimum atomic E-state index is -0.295. The van der Waals surface area contributed by atoms with Gasteiger partial charge in [-0.25, -0.2) is 18.7 Å². The summed E-state index contributed by atoms with van der Waals surface area (Å²) >= 11 is 0. The standard InChI is InChI=1S/C24H25F2N5O/c25-20-6-2-18(3-7-20)23(19-4-8-21(26)9-5-19)31-16-14-30(15-17-31)22(32)10-13-29-24-27-11-1-12-28-24/h1-9,11-12,23H,10,13-17H2,(H,27,28,29). The predicted octanol–water partition coefficient (Wildman–Crippen LogP) is 3.49. The third-order valence-electron chi connectivity index (χ3n) is 5.59. The van der Waals surface area contributed by atoms with Crippen LogP contribution in [-0.4, -0.2) is 58.4 Å². The molecule has 1 aliphatic rings. The van der Waals surface area contributed by atoms with Crippen molar-refractivity contribution in [2.24, 2.45) is 0 Å². The van der Waals surface area contributed by atoms with Crippen molar-refractivity contribution in [3.8, 4) is 0 Å².